The van der Waals surface area contributed by atoms with Gasteiger partial charge >= 0.3 is 0 Å². The van der Waals surface area contributed by atoms with Crippen LogP contribution in [0.15, 0.2) is 22.8 Å². The van der Waals surface area contributed by atoms with Crippen molar-refractivity contribution in [1.29, 1.82) is 0 Å². The first-order chi connectivity index (χ1) is 6.93. The van der Waals surface area contributed by atoms with Crippen LogP contribution < -0.4 is 5.32 Å². The summed E-state index contributed by atoms with van der Waals surface area (Å²) in [5, 5.41) is 3.33. The summed E-state index contributed by atoms with van der Waals surface area (Å²) < 4.78 is 10.2. The number of furan rings is 1. The van der Waals surface area contributed by atoms with Gasteiger partial charge in [-0.3, -0.25) is 0 Å². The molecule has 0 aromatic carbocycles. The molecule has 0 aliphatic heterocycles. The fraction of sp³-hybridized carbons (Fsp3) is 0.636. The van der Waals surface area contributed by atoms with E-state index in [1.165, 1.54) is 12.8 Å². The van der Waals surface area contributed by atoms with Crippen LogP contribution >= 0.6 is 0 Å². The number of unbranched alkanes of at least 4 members (excludes halogenated alkanes) is 2. The topological polar surface area (TPSA) is 34.4 Å². The fourth-order valence-electron chi connectivity index (χ4n) is 1.30. The molecule has 1 aromatic rings. The van der Waals surface area contributed by atoms with Crippen molar-refractivity contribution in [2.75, 3.05) is 20.3 Å². The molecule has 0 saturated heterocycles. The van der Waals surface area contributed by atoms with Crippen LogP contribution in [0.1, 0.15) is 25.0 Å². The summed E-state index contributed by atoms with van der Waals surface area (Å²) >= 11 is 0. The van der Waals surface area contributed by atoms with Crippen molar-refractivity contribution < 1.29 is 9.15 Å². The average molecular weight is 197 g/mol. The van der Waals surface area contributed by atoms with Gasteiger partial charge in [0.2, 0.25) is 0 Å². The smallest absolute Gasteiger partial charge is 0.117 e. The second-order valence-electron chi connectivity index (χ2n) is 3.31. The van der Waals surface area contributed by atoms with Crippen LogP contribution in [0, 0.1) is 0 Å². The van der Waals surface area contributed by atoms with Gasteiger partial charge in [-0.1, -0.05) is 0 Å². The average Bonchev–Trinajstić information content (AvgIpc) is 2.69. The Morgan fingerprint density at radius 3 is 3.00 bits per heavy atom. The molecule has 14 heavy (non-hydrogen) atoms. The zero-order chi connectivity index (χ0) is 10.1. The summed E-state index contributed by atoms with van der Waals surface area (Å²) in [7, 11) is 1.75. The van der Waals surface area contributed by atoms with Gasteiger partial charge in [0.25, 0.3) is 0 Å². The van der Waals surface area contributed by atoms with Crippen LogP contribution in [0.3, 0.4) is 0 Å². The molecule has 1 rings (SSSR count). The second-order valence-corrected chi connectivity index (χ2v) is 3.31. The van der Waals surface area contributed by atoms with Gasteiger partial charge in [-0.05, 0) is 37.9 Å². The van der Waals surface area contributed by atoms with E-state index in [1.807, 2.05) is 12.1 Å². The number of rotatable bonds is 8. The summed E-state index contributed by atoms with van der Waals surface area (Å²) in [6, 6.07) is 3.90. The van der Waals surface area contributed by atoms with E-state index in [-0.39, 0.29) is 0 Å². The van der Waals surface area contributed by atoms with Crippen molar-refractivity contribution in [3.05, 3.63) is 24.2 Å². The van der Waals surface area contributed by atoms with E-state index in [0.717, 1.165) is 31.9 Å². The third-order valence-corrected chi connectivity index (χ3v) is 2.08. The molecule has 1 N–H and O–H groups in total. The van der Waals surface area contributed by atoms with E-state index in [0.29, 0.717) is 0 Å². The molecule has 0 saturated carbocycles. The summed E-state index contributed by atoms with van der Waals surface area (Å²) in [5.74, 6) is 1.00. The zero-order valence-electron chi connectivity index (χ0n) is 8.79. The normalized spacial score (nSPS) is 10.6. The Morgan fingerprint density at radius 2 is 2.29 bits per heavy atom. The molecule has 0 bridgehead atoms. The van der Waals surface area contributed by atoms with Crippen LogP contribution in [-0.2, 0) is 11.3 Å². The van der Waals surface area contributed by atoms with Gasteiger partial charge in [-0.2, -0.15) is 0 Å². The van der Waals surface area contributed by atoms with E-state index in [9.17, 15) is 0 Å². The van der Waals surface area contributed by atoms with Gasteiger partial charge in [0, 0.05) is 13.7 Å². The lowest BCUT2D eigenvalue weighted by Crippen LogP contribution is -2.14. The summed E-state index contributed by atoms with van der Waals surface area (Å²) in [5.41, 5.74) is 0. The minimum Gasteiger partial charge on any atom is -0.468 e. The number of nitrogens with one attached hydrogen (secondary N) is 1. The minimum atomic E-state index is 0.831. The molecule has 1 heterocycles. The van der Waals surface area contributed by atoms with Crippen LogP contribution in [0.25, 0.3) is 0 Å². The van der Waals surface area contributed by atoms with Crippen molar-refractivity contribution in [2.45, 2.75) is 25.8 Å². The van der Waals surface area contributed by atoms with E-state index in [1.54, 1.807) is 13.4 Å². The molecule has 80 valence electrons. The first-order valence-corrected chi connectivity index (χ1v) is 5.15. The van der Waals surface area contributed by atoms with Crippen LogP contribution in [-0.4, -0.2) is 20.3 Å². The molecule has 1 aromatic heterocycles. The molecule has 3 heteroatoms. The summed E-state index contributed by atoms with van der Waals surface area (Å²) in [6.45, 7) is 2.75. The van der Waals surface area contributed by atoms with Gasteiger partial charge in [-0.25, -0.2) is 0 Å². The Balaban J connectivity index is 1.85. The Bertz CT molecular complexity index is 209. The summed E-state index contributed by atoms with van der Waals surface area (Å²) in [4.78, 5) is 0. The Labute approximate surface area is 85.4 Å². The molecule has 0 unspecified atom stereocenters. The minimum absolute atomic E-state index is 0.831. The van der Waals surface area contributed by atoms with Gasteiger partial charge < -0.3 is 14.5 Å². The third-order valence-electron chi connectivity index (χ3n) is 2.08. The third kappa shape index (κ3) is 5.04. The van der Waals surface area contributed by atoms with Gasteiger partial charge in [0.15, 0.2) is 0 Å². The van der Waals surface area contributed by atoms with Gasteiger partial charge in [0.1, 0.15) is 5.76 Å². The van der Waals surface area contributed by atoms with Gasteiger partial charge in [0.05, 0.1) is 12.8 Å². The highest BCUT2D eigenvalue weighted by atomic mass is 16.5. The largest absolute Gasteiger partial charge is 0.468 e. The number of hydrogen-bond acceptors (Lipinski definition) is 3. The SMILES string of the molecule is COCCCCCNCc1ccco1. The fourth-order valence-corrected chi connectivity index (χ4v) is 1.30. The first kappa shape index (κ1) is 11.3. The highest BCUT2D eigenvalue weighted by Crippen LogP contribution is 1.99. The van der Waals surface area contributed by atoms with Crippen molar-refractivity contribution in [3.8, 4) is 0 Å². The maximum atomic E-state index is 5.20. The molecule has 0 radical (unpaired) electrons. The Hall–Kier alpha value is -0.800. The maximum Gasteiger partial charge on any atom is 0.117 e. The van der Waals surface area contributed by atoms with Crippen molar-refractivity contribution in [3.63, 3.8) is 0 Å². The number of ether oxygens (including phenoxy) is 1. The monoisotopic (exact) mass is 197 g/mol. The van der Waals surface area contributed by atoms with Crippen LogP contribution in [0.2, 0.25) is 0 Å². The van der Waals surface area contributed by atoms with E-state index in [2.05, 4.69) is 5.32 Å². The Kier molecular flexibility index (Phi) is 6.11. The van der Waals surface area contributed by atoms with Crippen LogP contribution in [0.5, 0.6) is 0 Å². The van der Waals surface area contributed by atoms with Crippen molar-refractivity contribution in [2.24, 2.45) is 0 Å². The molecular formula is C11H19NO2. The van der Waals surface area contributed by atoms with Crippen LogP contribution in [0.4, 0.5) is 0 Å². The van der Waals surface area contributed by atoms with Gasteiger partial charge in [-0.15, -0.1) is 0 Å². The molecule has 0 fully saturated rings. The van der Waals surface area contributed by atoms with Crippen molar-refractivity contribution >= 4 is 0 Å². The molecule has 0 atom stereocenters. The van der Waals surface area contributed by atoms with E-state index >= 15 is 0 Å². The molecule has 0 amide bonds. The highest BCUT2D eigenvalue weighted by Gasteiger charge is 1.93. The lowest BCUT2D eigenvalue weighted by atomic mass is 10.2. The molecule has 0 spiro atoms. The van der Waals surface area contributed by atoms with E-state index < -0.39 is 0 Å². The standard InChI is InChI=1S/C11H19NO2/c1-13-8-4-2-3-7-12-10-11-6-5-9-14-11/h5-6,9,12H,2-4,7-8,10H2,1H3. The molecule has 0 aliphatic carbocycles. The van der Waals surface area contributed by atoms with Crippen molar-refractivity contribution in [1.82, 2.24) is 5.32 Å². The predicted octanol–water partition coefficient (Wildman–Crippen LogP) is 2.19. The van der Waals surface area contributed by atoms with E-state index in [4.69, 9.17) is 9.15 Å². The lowest BCUT2D eigenvalue weighted by Gasteiger charge is -2.02. The lowest BCUT2D eigenvalue weighted by molar-refractivity contribution is 0.192. The molecule has 0 aliphatic rings. The molecule has 3 nitrogen and oxygen atoms in total. The first-order valence-electron chi connectivity index (χ1n) is 5.15. The summed E-state index contributed by atoms with van der Waals surface area (Å²) in [6.07, 6.45) is 5.28. The number of hydrogen-bond donors (Lipinski definition) is 1. The predicted molar refractivity (Wildman–Crippen MR) is 56.1 cm³/mol. The Morgan fingerprint density at radius 1 is 1.36 bits per heavy atom. The maximum absolute atomic E-state index is 5.20. The number of methoxy groups -OCH3 is 1. The zero-order valence-corrected chi connectivity index (χ0v) is 8.79. The molecular weight excluding hydrogens is 178 g/mol. The second kappa shape index (κ2) is 7.59. The quantitative estimate of drug-likeness (QED) is 0.649. The highest BCUT2D eigenvalue weighted by molar-refractivity contribution is 4.97.